The van der Waals surface area contributed by atoms with E-state index in [1.807, 2.05) is 66.7 Å². The highest BCUT2D eigenvalue weighted by molar-refractivity contribution is 5.81. The molecular formula is C27H22N2O. The van der Waals surface area contributed by atoms with E-state index in [4.69, 9.17) is 4.98 Å². The van der Waals surface area contributed by atoms with E-state index in [2.05, 4.69) is 42.2 Å². The predicted octanol–water partition coefficient (Wildman–Crippen LogP) is 6.42. The van der Waals surface area contributed by atoms with Crippen LogP contribution in [0, 0.1) is 6.92 Å². The van der Waals surface area contributed by atoms with Gasteiger partial charge in [0.2, 0.25) is 0 Å². The first-order valence-corrected chi connectivity index (χ1v) is 10.1. The van der Waals surface area contributed by atoms with Crippen LogP contribution >= 0.6 is 0 Å². The molecule has 0 aliphatic carbocycles. The summed E-state index contributed by atoms with van der Waals surface area (Å²) in [5, 5.41) is 11.4. The Balaban J connectivity index is 1.73. The summed E-state index contributed by atoms with van der Waals surface area (Å²) in [6.45, 7) is 2.06. The van der Waals surface area contributed by atoms with Crippen molar-refractivity contribution in [1.82, 2.24) is 9.97 Å². The van der Waals surface area contributed by atoms with E-state index >= 15 is 0 Å². The molecule has 2 N–H and O–H groups in total. The molecule has 4 aromatic carbocycles. The number of rotatable bonds is 4. The molecule has 0 unspecified atom stereocenters. The number of nitrogens with zero attached hydrogens (tertiary/aromatic N) is 1. The Bertz CT molecular complexity index is 1230. The van der Waals surface area contributed by atoms with Crippen LogP contribution in [0.3, 0.4) is 0 Å². The topological polar surface area (TPSA) is 48.9 Å². The van der Waals surface area contributed by atoms with Gasteiger partial charge in [-0.3, -0.25) is 0 Å². The summed E-state index contributed by atoms with van der Waals surface area (Å²) >= 11 is 0. The fraction of sp³-hybridized carbons (Fsp3) is 0.0741. The average molecular weight is 390 g/mol. The van der Waals surface area contributed by atoms with Crippen molar-refractivity contribution in [1.29, 1.82) is 0 Å². The van der Waals surface area contributed by atoms with Gasteiger partial charge in [-0.15, -0.1) is 0 Å². The number of phenols is 1. The van der Waals surface area contributed by atoms with Crippen LogP contribution in [0.1, 0.15) is 28.2 Å². The highest BCUT2D eigenvalue weighted by Crippen LogP contribution is 2.42. The lowest BCUT2D eigenvalue weighted by Crippen LogP contribution is -2.05. The van der Waals surface area contributed by atoms with Gasteiger partial charge in [0.1, 0.15) is 11.6 Å². The van der Waals surface area contributed by atoms with Crippen LogP contribution in [0.5, 0.6) is 5.75 Å². The first-order valence-electron chi connectivity index (χ1n) is 10.1. The van der Waals surface area contributed by atoms with E-state index in [0.717, 1.165) is 38.9 Å². The monoisotopic (exact) mass is 390 g/mol. The van der Waals surface area contributed by atoms with Gasteiger partial charge >= 0.3 is 0 Å². The second-order valence-corrected chi connectivity index (χ2v) is 7.61. The van der Waals surface area contributed by atoms with Crippen LogP contribution in [0.4, 0.5) is 0 Å². The molecule has 0 bridgehead atoms. The molecule has 30 heavy (non-hydrogen) atoms. The Morgan fingerprint density at radius 1 is 0.767 bits per heavy atom. The zero-order valence-electron chi connectivity index (χ0n) is 16.7. The Labute approximate surface area is 175 Å². The Kier molecular flexibility index (Phi) is 4.56. The maximum atomic E-state index is 11.4. The van der Waals surface area contributed by atoms with Crippen molar-refractivity contribution < 1.29 is 5.11 Å². The minimum atomic E-state index is -0.0737. The van der Waals surface area contributed by atoms with Crippen LogP contribution in [0.2, 0.25) is 0 Å². The number of H-pyrrole nitrogens is 1. The molecule has 0 spiro atoms. The van der Waals surface area contributed by atoms with E-state index in [9.17, 15) is 5.11 Å². The number of aromatic amines is 1. The summed E-state index contributed by atoms with van der Waals surface area (Å²) < 4.78 is 0. The van der Waals surface area contributed by atoms with Crippen LogP contribution in [-0.4, -0.2) is 15.1 Å². The lowest BCUT2D eigenvalue weighted by molar-refractivity contribution is 0.468. The van der Waals surface area contributed by atoms with Gasteiger partial charge in [-0.1, -0.05) is 78.9 Å². The number of aryl methyl sites for hydroxylation is 1. The summed E-state index contributed by atoms with van der Waals surface area (Å²) in [4.78, 5) is 8.07. The van der Waals surface area contributed by atoms with Crippen molar-refractivity contribution in [2.45, 2.75) is 12.8 Å². The smallest absolute Gasteiger partial charge is 0.142 e. The van der Waals surface area contributed by atoms with Gasteiger partial charge in [0.15, 0.2) is 0 Å². The molecule has 1 heterocycles. The lowest BCUT2D eigenvalue weighted by Gasteiger charge is -2.21. The third kappa shape index (κ3) is 3.25. The van der Waals surface area contributed by atoms with E-state index < -0.39 is 0 Å². The molecule has 5 aromatic rings. The number of nitrogens with one attached hydrogen (secondary N) is 1. The Morgan fingerprint density at radius 2 is 1.37 bits per heavy atom. The van der Waals surface area contributed by atoms with E-state index in [1.54, 1.807) is 0 Å². The minimum Gasteiger partial charge on any atom is -0.507 e. The third-order valence-corrected chi connectivity index (χ3v) is 5.51. The van der Waals surface area contributed by atoms with Gasteiger partial charge in [-0.05, 0) is 41.8 Å². The van der Waals surface area contributed by atoms with Crippen molar-refractivity contribution in [3.8, 4) is 17.1 Å². The van der Waals surface area contributed by atoms with Crippen molar-refractivity contribution in [2.75, 3.05) is 0 Å². The summed E-state index contributed by atoms with van der Waals surface area (Å²) in [6, 6.07) is 32.6. The van der Waals surface area contributed by atoms with Crippen LogP contribution < -0.4 is 0 Å². The fourth-order valence-electron chi connectivity index (χ4n) is 4.13. The number of para-hydroxylation sites is 2. The van der Waals surface area contributed by atoms with Crippen LogP contribution in [-0.2, 0) is 0 Å². The van der Waals surface area contributed by atoms with Crippen LogP contribution in [0.15, 0.2) is 97.1 Å². The standard InChI is InChI=1S/C27H22N2O/c1-18-16-21(25(19-10-4-2-5-11-19)20-12-6-3-7-13-20)26(30)22(17-18)27-28-23-14-8-9-15-24(23)29-27/h2-17,25,30H,1H3,(H,28,29). The number of aromatic nitrogens is 2. The molecule has 1 aromatic heterocycles. The van der Waals surface area contributed by atoms with Crippen molar-refractivity contribution in [3.63, 3.8) is 0 Å². The normalized spacial score (nSPS) is 11.3. The summed E-state index contributed by atoms with van der Waals surface area (Å²) in [7, 11) is 0. The SMILES string of the molecule is Cc1cc(-c2nc3ccccc3[nH]2)c(O)c(C(c2ccccc2)c2ccccc2)c1. The number of imidazole rings is 1. The molecule has 0 amide bonds. The highest BCUT2D eigenvalue weighted by Gasteiger charge is 2.23. The van der Waals surface area contributed by atoms with Gasteiger partial charge in [0, 0.05) is 11.5 Å². The number of hydrogen-bond acceptors (Lipinski definition) is 2. The molecule has 3 heteroatoms. The van der Waals surface area contributed by atoms with Gasteiger partial charge in [-0.25, -0.2) is 4.98 Å². The highest BCUT2D eigenvalue weighted by atomic mass is 16.3. The summed E-state index contributed by atoms with van der Waals surface area (Å²) in [6.07, 6.45) is 0. The first kappa shape index (κ1) is 18.2. The molecule has 0 aliphatic heterocycles. The van der Waals surface area contributed by atoms with Gasteiger partial charge in [-0.2, -0.15) is 0 Å². The number of hydrogen-bond donors (Lipinski definition) is 2. The third-order valence-electron chi connectivity index (χ3n) is 5.51. The molecule has 5 rings (SSSR count). The zero-order chi connectivity index (χ0) is 20.5. The van der Waals surface area contributed by atoms with E-state index in [1.165, 1.54) is 0 Å². The maximum Gasteiger partial charge on any atom is 0.142 e. The van der Waals surface area contributed by atoms with Crippen molar-refractivity contribution in [2.24, 2.45) is 0 Å². The molecule has 0 saturated heterocycles. The Hall–Kier alpha value is -3.85. The molecule has 0 atom stereocenters. The second kappa shape index (κ2) is 7.53. The molecule has 3 nitrogen and oxygen atoms in total. The van der Waals surface area contributed by atoms with E-state index in [0.29, 0.717) is 5.82 Å². The minimum absolute atomic E-state index is 0.0737. The molecule has 0 fully saturated rings. The molecular weight excluding hydrogens is 368 g/mol. The second-order valence-electron chi connectivity index (χ2n) is 7.61. The number of phenolic OH excluding ortho intramolecular Hbond substituents is 1. The van der Waals surface area contributed by atoms with Gasteiger partial charge in [0.25, 0.3) is 0 Å². The lowest BCUT2D eigenvalue weighted by atomic mass is 9.83. The summed E-state index contributed by atoms with van der Waals surface area (Å²) in [5.74, 6) is 0.867. The molecule has 0 radical (unpaired) electrons. The van der Waals surface area contributed by atoms with Gasteiger partial charge < -0.3 is 10.1 Å². The molecule has 0 saturated carbocycles. The van der Waals surface area contributed by atoms with Gasteiger partial charge in [0.05, 0.1) is 16.6 Å². The average Bonchev–Trinajstić information content (AvgIpc) is 3.22. The zero-order valence-corrected chi connectivity index (χ0v) is 16.7. The first-order chi connectivity index (χ1) is 14.7. The number of fused-ring (bicyclic) bond motifs is 1. The fourth-order valence-corrected chi connectivity index (χ4v) is 4.13. The van der Waals surface area contributed by atoms with Crippen molar-refractivity contribution in [3.05, 3.63) is 119 Å². The number of aromatic hydroxyl groups is 1. The Morgan fingerprint density at radius 3 is 2.00 bits per heavy atom. The van der Waals surface area contributed by atoms with Crippen molar-refractivity contribution >= 4 is 11.0 Å². The molecule has 0 aliphatic rings. The van der Waals surface area contributed by atoms with E-state index in [-0.39, 0.29) is 11.7 Å². The molecule has 146 valence electrons. The van der Waals surface area contributed by atoms with Crippen LogP contribution in [0.25, 0.3) is 22.4 Å². The maximum absolute atomic E-state index is 11.4. The summed E-state index contributed by atoms with van der Waals surface area (Å²) in [5.41, 5.74) is 6.80. The largest absolute Gasteiger partial charge is 0.507 e. The number of benzene rings is 4. The predicted molar refractivity (Wildman–Crippen MR) is 122 cm³/mol. The quantitative estimate of drug-likeness (QED) is 0.348.